The lowest BCUT2D eigenvalue weighted by Crippen LogP contribution is -2.28. The van der Waals surface area contributed by atoms with Gasteiger partial charge in [-0.15, -0.1) is 0 Å². The summed E-state index contributed by atoms with van der Waals surface area (Å²) in [4.78, 5) is 7.21. The maximum Gasteiger partial charge on any atom is 0.159 e. The summed E-state index contributed by atoms with van der Waals surface area (Å²) in [7, 11) is 0. The summed E-state index contributed by atoms with van der Waals surface area (Å²) < 4.78 is 0. The standard InChI is InChI=1S/C20H26N2S/c1-17(2)14-21-20(23-3)22(15-18-10-6-4-7-11-18)16-19-12-8-5-9-13-19/h4-13,17H,14-16H2,1-3H3. The molecular formula is C20H26N2S. The fourth-order valence-electron chi connectivity index (χ4n) is 2.35. The molecule has 0 atom stereocenters. The molecule has 0 aliphatic rings. The Hall–Kier alpha value is -1.74. The van der Waals surface area contributed by atoms with Gasteiger partial charge in [0.2, 0.25) is 0 Å². The lowest BCUT2D eigenvalue weighted by molar-refractivity contribution is 0.412. The minimum absolute atomic E-state index is 0.576. The SMILES string of the molecule is CSC(=NCC(C)C)N(Cc1ccccc1)Cc1ccccc1. The highest BCUT2D eigenvalue weighted by Gasteiger charge is 2.12. The molecule has 0 saturated carbocycles. The zero-order valence-corrected chi connectivity index (χ0v) is 15.1. The van der Waals surface area contributed by atoms with Gasteiger partial charge in [-0.1, -0.05) is 86.3 Å². The molecule has 0 bridgehead atoms. The Kier molecular flexibility index (Phi) is 7.21. The van der Waals surface area contributed by atoms with E-state index in [1.807, 2.05) is 0 Å². The smallest absolute Gasteiger partial charge is 0.159 e. The highest BCUT2D eigenvalue weighted by Crippen LogP contribution is 2.16. The van der Waals surface area contributed by atoms with Gasteiger partial charge in [-0.25, -0.2) is 0 Å². The third-order valence-electron chi connectivity index (χ3n) is 3.48. The average Bonchev–Trinajstić information content (AvgIpc) is 2.57. The molecule has 0 aromatic heterocycles. The van der Waals surface area contributed by atoms with Gasteiger partial charge in [-0.05, 0) is 23.3 Å². The summed E-state index contributed by atoms with van der Waals surface area (Å²) in [6.07, 6.45) is 2.11. The van der Waals surface area contributed by atoms with E-state index in [1.165, 1.54) is 11.1 Å². The predicted octanol–water partition coefficient (Wildman–Crippen LogP) is 5.06. The second-order valence-corrected chi connectivity index (χ2v) is 6.82. The molecule has 0 radical (unpaired) electrons. The average molecular weight is 327 g/mol. The number of hydrogen-bond acceptors (Lipinski definition) is 2. The van der Waals surface area contributed by atoms with Crippen LogP contribution in [0.5, 0.6) is 0 Å². The molecule has 0 aliphatic heterocycles. The van der Waals surface area contributed by atoms with Gasteiger partial charge >= 0.3 is 0 Å². The van der Waals surface area contributed by atoms with Crippen LogP contribution in [0.2, 0.25) is 0 Å². The lowest BCUT2D eigenvalue weighted by Gasteiger charge is -2.26. The lowest BCUT2D eigenvalue weighted by atomic mass is 10.2. The van der Waals surface area contributed by atoms with Gasteiger partial charge in [0.05, 0.1) is 0 Å². The van der Waals surface area contributed by atoms with Crippen molar-refractivity contribution in [1.82, 2.24) is 4.90 Å². The molecule has 23 heavy (non-hydrogen) atoms. The number of thioether (sulfide) groups is 1. The Morgan fingerprint density at radius 1 is 0.913 bits per heavy atom. The van der Waals surface area contributed by atoms with Gasteiger partial charge in [-0.2, -0.15) is 0 Å². The van der Waals surface area contributed by atoms with Crippen LogP contribution in [-0.2, 0) is 13.1 Å². The van der Waals surface area contributed by atoms with E-state index in [-0.39, 0.29) is 0 Å². The van der Waals surface area contributed by atoms with Gasteiger partial charge < -0.3 is 4.90 Å². The molecule has 0 aliphatic carbocycles. The van der Waals surface area contributed by atoms with Crippen molar-refractivity contribution >= 4 is 16.9 Å². The van der Waals surface area contributed by atoms with Gasteiger partial charge in [-0.3, -0.25) is 4.99 Å². The second-order valence-electron chi connectivity index (χ2n) is 6.05. The van der Waals surface area contributed by atoms with Crippen LogP contribution in [0.3, 0.4) is 0 Å². The summed E-state index contributed by atoms with van der Waals surface area (Å²) >= 11 is 1.73. The molecule has 2 aromatic rings. The van der Waals surface area contributed by atoms with Gasteiger partial charge in [0, 0.05) is 19.6 Å². The molecule has 2 aromatic carbocycles. The second kappa shape index (κ2) is 9.41. The maximum atomic E-state index is 4.84. The molecule has 0 spiro atoms. The van der Waals surface area contributed by atoms with Gasteiger partial charge in [0.1, 0.15) is 0 Å². The molecule has 2 nitrogen and oxygen atoms in total. The van der Waals surface area contributed by atoms with E-state index in [0.717, 1.165) is 24.8 Å². The van der Waals surface area contributed by atoms with Crippen molar-refractivity contribution < 1.29 is 0 Å². The number of rotatable bonds is 6. The Bertz CT molecular complexity index is 552. The van der Waals surface area contributed by atoms with Crippen molar-refractivity contribution in [1.29, 1.82) is 0 Å². The quantitative estimate of drug-likeness (QED) is 0.544. The zero-order chi connectivity index (χ0) is 16.5. The fraction of sp³-hybridized carbons (Fsp3) is 0.350. The van der Waals surface area contributed by atoms with Crippen LogP contribution in [0.4, 0.5) is 0 Å². The number of benzene rings is 2. The Labute approximate surface area is 144 Å². The monoisotopic (exact) mass is 326 g/mol. The van der Waals surface area contributed by atoms with E-state index in [2.05, 4.69) is 85.7 Å². The van der Waals surface area contributed by atoms with E-state index in [1.54, 1.807) is 11.8 Å². The zero-order valence-electron chi connectivity index (χ0n) is 14.3. The van der Waals surface area contributed by atoms with Crippen molar-refractivity contribution in [3.63, 3.8) is 0 Å². The molecule has 0 N–H and O–H groups in total. The van der Waals surface area contributed by atoms with Crippen LogP contribution in [-0.4, -0.2) is 22.9 Å². The first kappa shape index (κ1) is 17.6. The fourth-order valence-corrected chi connectivity index (χ4v) is 2.94. The first-order valence-electron chi connectivity index (χ1n) is 8.10. The minimum Gasteiger partial charge on any atom is -0.343 e. The molecule has 3 heteroatoms. The molecule has 0 unspecified atom stereocenters. The van der Waals surface area contributed by atoms with Crippen LogP contribution >= 0.6 is 11.8 Å². The summed E-state index contributed by atoms with van der Waals surface area (Å²) in [6, 6.07) is 21.2. The molecule has 0 saturated heterocycles. The van der Waals surface area contributed by atoms with Crippen molar-refractivity contribution in [2.45, 2.75) is 26.9 Å². The van der Waals surface area contributed by atoms with E-state index >= 15 is 0 Å². The molecule has 0 heterocycles. The molecule has 2 rings (SSSR count). The molecule has 122 valence electrons. The maximum absolute atomic E-state index is 4.84. The van der Waals surface area contributed by atoms with Crippen LogP contribution in [0.15, 0.2) is 65.7 Å². The molecule has 0 fully saturated rings. The van der Waals surface area contributed by atoms with Crippen LogP contribution in [0.1, 0.15) is 25.0 Å². The Morgan fingerprint density at radius 2 is 1.39 bits per heavy atom. The number of aliphatic imine (C=N–C) groups is 1. The van der Waals surface area contributed by atoms with E-state index in [0.29, 0.717) is 5.92 Å². The third kappa shape index (κ3) is 6.11. The first-order valence-corrected chi connectivity index (χ1v) is 9.32. The van der Waals surface area contributed by atoms with Crippen LogP contribution < -0.4 is 0 Å². The molecule has 0 amide bonds. The number of amidine groups is 1. The highest BCUT2D eigenvalue weighted by molar-refractivity contribution is 8.13. The van der Waals surface area contributed by atoms with Crippen molar-refractivity contribution in [2.75, 3.05) is 12.8 Å². The Balaban J connectivity index is 2.20. The summed E-state index contributed by atoms with van der Waals surface area (Å²) in [6.45, 7) is 7.05. The van der Waals surface area contributed by atoms with Crippen LogP contribution in [0.25, 0.3) is 0 Å². The predicted molar refractivity (Wildman–Crippen MR) is 103 cm³/mol. The summed E-state index contributed by atoms with van der Waals surface area (Å²) in [5.41, 5.74) is 2.63. The largest absolute Gasteiger partial charge is 0.343 e. The van der Waals surface area contributed by atoms with Crippen molar-refractivity contribution in [2.24, 2.45) is 10.9 Å². The van der Waals surface area contributed by atoms with Crippen molar-refractivity contribution in [3.8, 4) is 0 Å². The summed E-state index contributed by atoms with van der Waals surface area (Å²) in [5, 5.41) is 1.12. The van der Waals surface area contributed by atoms with Crippen molar-refractivity contribution in [3.05, 3.63) is 71.8 Å². The Morgan fingerprint density at radius 3 is 1.78 bits per heavy atom. The third-order valence-corrected chi connectivity index (χ3v) is 4.23. The topological polar surface area (TPSA) is 15.6 Å². The normalized spacial score (nSPS) is 11.7. The van der Waals surface area contributed by atoms with Crippen LogP contribution in [0, 0.1) is 5.92 Å². The number of nitrogens with zero attached hydrogens (tertiary/aromatic N) is 2. The number of hydrogen-bond donors (Lipinski definition) is 0. The van der Waals surface area contributed by atoms with E-state index < -0.39 is 0 Å². The van der Waals surface area contributed by atoms with E-state index in [4.69, 9.17) is 4.99 Å². The highest BCUT2D eigenvalue weighted by atomic mass is 32.2. The first-order chi connectivity index (χ1) is 11.2. The minimum atomic E-state index is 0.576. The van der Waals surface area contributed by atoms with Gasteiger partial charge in [0.15, 0.2) is 5.17 Å². The molecular weight excluding hydrogens is 300 g/mol. The van der Waals surface area contributed by atoms with Gasteiger partial charge in [0.25, 0.3) is 0 Å². The summed E-state index contributed by atoms with van der Waals surface area (Å²) in [5.74, 6) is 0.576. The van der Waals surface area contributed by atoms with E-state index in [9.17, 15) is 0 Å².